The van der Waals surface area contributed by atoms with E-state index in [1.807, 2.05) is 0 Å². The van der Waals surface area contributed by atoms with E-state index < -0.39 is 0 Å². The SMILES string of the molecule is CN(C)CCC1CCC2C3=CN(SC2C1)C1CCC(Cl)C(Cl)C31. The molecule has 2 heterocycles. The maximum absolute atomic E-state index is 6.76. The molecule has 7 unspecified atom stereocenters. The Labute approximate surface area is 155 Å². The maximum Gasteiger partial charge on any atom is 0.0585 e. The van der Waals surface area contributed by atoms with Crippen LogP contribution in [0, 0.1) is 17.8 Å². The first kappa shape index (κ1) is 16.9. The molecule has 0 aromatic heterocycles. The highest BCUT2D eigenvalue weighted by atomic mass is 35.5. The van der Waals surface area contributed by atoms with E-state index in [0.29, 0.717) is 12.0 Å². The molecule has 2 bridgehead atoms. The highest BCUT2D eigenvalue weighted by Gasteiger charge is 2.52. The molecule has 0 radical (unpaired) electrons. The molecular formula is C18H28Cl2N2S. The zero-order valence-electron chi connectivity index (χ0n) is 14.1. The van der Waals surface area contributed by atoms with Gasteiger partial charge < -0.3 is 9.21 Å². The van der Waals surface area contributed by atoms with Crippen LogP contribution in [-0.2, 0) is 0 Å². The van der Waals surface area contributed by atoms with Gasteiger partial charge in [-0.1, -0.05) is 0 Å². The second-order valence-electron chi connectivity index (χ2n) is 8.14. The van der Waals surface area contributed by atoms with E-state index in [1.54, 1.807) is 5.57 Å². The highest BCUT2D eigenvalue weighted by molar-refractivity contribution is 7.97. The van der Waals surface area contributed by atoms with Gasteiger partial charge in [0.2, 0.25) is 0 Å². The van der Waals surface area contributed by atoms with Crippen LogP contribution in [-0.4, -0.2) is 51.9 Å². The summed E-state index contributed by atoms with van der Waals surface area (Å²) >= 11 is 15.4. The van der Waals surface area contributed by atoms with Crippen molar-refractivity contribution >= 4 is 35.1 Å². The third-order valence-electron chi connectivity index (χ3n) is 6.40. The zero-order chi connectivity index (χ0) is 16.1. The van der Waals surface area contributed by atoms with Crippen molar-refractivity contribution in [1.29, 1.82) is 0 Å². The Morgan fingerprint density at radius 1 is 1.22 bits per heavy atom. The van der Waals surface area contributed by atoms with E-state index in [1.165, 1.54) is 38.6 Å². The summed E-state index contributed by atoms with van der Waals surface area (Å²) in [6.07, 6.45) is 10.2. The average Bonchev–Trinajstić information content (AvgIpc) is 2.83. The Morgan fingerprint density at radius 2 is 2.04 bits per heavy atom. The lowest BCUT2D eigenvalue weighted by atomic mass is 9.71. The molecule has 0 spiro atoms. The van der Waals surface area contributed by atoms with Crippen LogP contribution >= 0.6 is 35.1 Å². The first-order chi connectivity index (χ1) is 11.0. The molecule has 0 aromatic carbocycles. The lowest BCUT2D eigenvalue weighted by Gasteiger charge is -2.40. The summed E-state index contributed by atoms with van der Waals surface area (Å²) in [5.74, 6) is 2.17. The molecule has 0 saturated heterocycles. The van der Waals surface area contributed by atoms with Crippen molar-refractivity contribution in [1.82, 2.24) is 9.21 Å². The van der Waals surface area contributed by atoms with Crippen LogP contribution in [0.1, 0.15) is 38.5 Å². The second kappa shape index (κ2) is 6.63. The average molecular weight is 375 g/mol. The van der Waals surface area contributed by atoms with E-state index in [9.17, 15) is 0 Å². The van der Waals surface area contributed by atoms with Gasteiger partial charge in [-0.3, -0.25) is 0 Å². The largest absolute Gasteiger partial charge is 0.319 e. The summed E-state index contributed by atoms with van der Waals surface area (Å²) in [7, 11) is 4.37. The number of fused-ring (bicyclic) bond motifs is 6. The molecule has 2 aliphatic heterocycles. The molecule has 2 nitrogen and oxygen atoms in total. The number of rotatable bonds is 3. The van der Waals surface area contributed by atoms with Gasteiger partial charge in [0.05, 0.1) is 10.8 Å². The molecule has 2 aliphatic carbocycles. The molecular weight excluding hydrogens is 347 g/mol. The number of alkyl halides is 2. The molecule has 0 N–H and O–H groups in total. The molecule has 4 rings (SSSR count). The molecule has 2 saturated carbocycles. The van der Waals surface area contributed by atoms with Crippen LogP contribution in [0.25, 0.3) is 0 Å². The molecule has 130 valence electrons. The van der Waals surface area contributed by atoms with Crippen molar-refractivity contribution in [3.05, 3.63) is 11.8 Å². The molecule has 0 amide bonds. The lowest BCUT2D eigenvalue weighted by Crippen LogP contribution is -2.42. The minimum Gasteiger partial charge on any atom is -0.319 e. The standard InChI is InChI=1S/C18H28Cl2N2S/c1-21(2)8-7-11-3-4-12-13-10-22(23-16(12)9-11)15-6-5-14(19)18(20)17(13)15/h10-12,14-18H,3-9H2,1-2H3. The predicted molar refractivity (Wildman–Crippen MR) is 101 cm³/mol. The summed E-state index contributed by atoms with van der Waals surface area (Å²) in [5.41, 5.74) is 1.65. The van der Waals surface area contributed by atoms with Gasteiger partial charge in [0, 0.05) is 23.4 Å². The van der Waals surface area contributed by atoms with Crippen molar-refractivity contribution in [2.24, 2.45) is 17.8 Å². The Kier molecular flexibility index (Phi) is 4.86. The number of halogens is 2. The van der Waals surface area contributed by atoms with Gasteiger partial charge in [-0.05, 0) is 88.5 Å². The molecule has 0 aromatic rings. The summed E-state index contributed by atoms with van der Waals surface area (Å²) in [6, 6.07) is 0.610. The van der Waals surface area contributed by atoms with Crippen LogP contribution in [0.4, 0.5) is 0 Å². The molecule has 7 atom stereocenters. The van der Waals surface area contributed by atoms with E-state index in [2.05, 4.69) is 41.4 Å². The summed E-state index contributed by atoms with van der Waals surface area (Å²) in [5, 5.41) is 1.05. The van der Waals surface area contributed by atoms with E-state index in [0.717, 1.165) is 23.5 Å². The van der Waals surface area contributed by atoms with Crippen molar-refractivity contribution in [3.8, 4) is 0 Å². The summed E-state index contributed by atoms with van der Waals surface area (Å²) in [4.78, 5) is 2.32. The van der Waals surface area contributed by atoms with E-state index >= 15 is 0 Å². The van der Waals surface area contributed by atoms with E-state index in [4.69, 9.17) is 23.2 Å². The van der Waals surface area contributed by atoms with Crippen molar-refractivity contribution in [3.63, 3.8) is 0 Å². The smallest absolute Gasteiger partial charge is 0.0585 e. The monoisotopic (exact) mass is 374 g/mol. The van der Waals surface area contributed by atoms with E-state index in [-0.39, 0.29) is 10.8 Å². The van der Waals surface area contributed by atoms with Gasteiger partial charge in [-0.15, -0.1) is 23.2 Å². The van der Waals surface area contributed by atoms with Gasteiger partial charge in [0.15, 0.2) is 0 Å². The van der Waals surface area contributed by atoms with Crippen LogP contribution < -0.4 is 0 Å². The van der Waals surface area contributed by atoms with Crippen LogP contribution in [0.5, 0.6) is 0 Å². The lowest BCUT2D eigenvalue weighted by molar-refractivity contribution is 0.253. The predicted octanol–water partition coefficient (Wildman–Crippen LogP) is 4.58. The second-order valence-corrected chi connectivity index (χ2v) is 10.4. The van der Waals surface area contributed by atoms with Crippen LogP contribution in [0.15, 0.2) is 11.8 Å². The number of hydrogen-bond donors (Lipinski definition) is 0. The normalized spacial score (nSPS) is 45.7. The van der Waals surface area contributed by atoms with Gasteiger partial charge in [0.25, 0.3) is 0 Å². The minimum absolute atomic E-state index is 0.123. The molecule has 5 heteroatoms. The van der Waals surface area contributed by atoms with Crippen LogP contribution in [0.2, 0.25) is 0 Å². The molecule has 23 heavy (non-hydrogen) atoms. The Morgan fingerprint density at radius 3 is 2.83 bits per heavy atom. The van der Waals surface area contributed by atoms with Crippen molar-refractivity contribution in [2.75, 3.05) is 20.6 Å². The minimum atomic E-state index is 0.123. The van der Waals surface area contributed by atoms with Gasteiger partial charge >= 0.3 is 0 Å². The Bertz CT molecular complexity index is 484. The van der Waals surface area contributed by atoms with Crippen molar-refractivity contribution < 1.29 is 0 Å². The zero-order valence-corrected chi connectivity index (χ0v) is 16.5. The summed E-state index contributed by atoms with van der Waals surface area (Å²) in [6.45, 7) is 1.22. The third kappa shape index (κ3) is 3.05. The Balaban J connectivity index is 1.47. The number of hydrogen-bond acceptors (Lipinski definition) is 3. The summed E-state index contributed by atoms with van der Waals surface area (Å²) < 4.78 is 2.56. The maximum atomic E-state index is 6.76. The highest BCUT2D eigenvalue weighted by Crippen LogP contribution is 2.57. The first-order valence-corrected chi connectivity index (χ1v) is 10.8. The van der Waals surface area contributed by atoms with Gasteiger partial charge in [-0.2, -0.15) is 0 Å². The van der Waals surface area contributed by atoms with Gasteiger partial charge in [0.1, 0.15) is 0 Å². The quantitative estimate of drug-likeness (QED) is 0.527. The fourth-order valence-electron chi connectivity index (χ4n) is 5.15. The molecule has 2 fully saturated rings. The topological polar surface area (TPSA) is 6.48 Å². The first-order valence-electron chi connectivity index (χ1n) is 9.14. The third-order valence-corrected chi connectivity index (χ3v) is 9.01. The molecule has 4 aliphatic rings. The fraction of sp³-hybridized carbons (Fsp3) is 0.889. The van der Waals surface area contributed by atoms with Gasteiger partial charge in [-0.25, -0.2) is 0 Å². The Hall–Kier alpha value is 0.430. The van der Waals surface area contributed by atoms with Crippen molar-refractivity contribution in [2.45, 2.75) is 60.6 Å². The van der Waals surface area contributed by atoms with Crippen LogP contribution in [0.3, 0.4) is 0 Å². The fourth-order valence-corrected chi connectivity index (χ4v) is 7.56. The number of nitrogens with zero attached hydrogens (tertiary/aromatic N) is 2.